The summed E-state index contributed by atoms with van der Waals surface area (Å²) >= 11 is 0. The van der Waals surface area contributed by atoms with Gasteiger partial charge in [0.1, 0.15) is 18.0 Å². The van der Waals surface area contributed by atoms with E-state index in [2.05, 4.69) is 0 Å². The van der Waals surface area contributed by atoms with Gasteiger partial charge in [0.25, 0.3) is 0 Å². The van der Waals surface area contributed by atoms with Gasteiger partial charge in [-0.15, -0.1) is 0 Å². The number of para-hydroxylation sites is 1. The van der Waals surface area contributed by atoms with Crippen molar-refractivity contribution >= 4 is 11.6 Å². The largest absolute Gasteiger partial charge is 0.508 e. The second-order valence-electron chi connectivity index (χ2n) is 11.3. The van der Waals surface area contributed by atoms with Gasteiger partial charge in [0, 0.05) is 17.7 Å². The number of amides is 1. The molecule has 1 amide bonds. The number of phenols is 1. The number of ether oxygens (including phenoxy) is 1. The molecule has 216 valence electrons. The molecule has 9 heteroatoms. The molecule has 1 aliphatic carbocycles. The second-order valence-corrected chi connectivity index (χ2v) is 11.3. The molecule has 2 aliphatic heterocycles. The standard InChI is InChI=1S/C31H39NO8/c33-17-26-29(37)30(38)28(36)25(40-26)16-18-11-12-21(24(35)15-18)27-22(13-14-23(34)19-7-3-1-4-8-19)31(39)32(27)20-9-5-2-6-10-20/h2,5-6,9-12,15,19,22-23,25-28,33-38H,1,3-4,7-8,13-14,16-17H2/t22-,23+,25+,26?,27-,28?/m1/s1. The van der Waals surface area contributed by atoms with Gasteiger partial charge in [-0.05, 0) is 55.4 Å². The minimum Gasteiger partial charge on any atom is -0.508 e. The molecule has 2 aromatic carbocycles. The zero-order valence-electron chi connectivity index (χ0n) is 22.5. The number of benzene rings is 2. The van der Waals surface area contributed by atoms with E-state index < -0.39 is 48.6 Å². The van der Waals surface area contributed by atoms with Gasteiger partial charge in [-0.3, -0.25) is 4.79 Å². The predicted octanol–water partition coefficient (Wildman–Crippen LogP) is 3.81. The minimum absolute atomic E-state index is 0.0135. The highest BCUT2D eigenvalue weighted by atomic mass is 16.5. The number of hydrogen-bond donors (Lipinski definition) is 6. The number of carbonyl (C=O) groups is 1. The highest BCUT2D eigenvalue weighted by Gasteiger charge is 2.49. The number of anilines is 1. The molecule has 6 atom stereocenters. The van der Waals surface area contributed by atoms with E-state index in [9.17, 15) is 35.4 Å². The maximum atomic E-state index is 13.4. The van der Waals surface area contributed by atoms with Crippen LogP contribution in [0.2, 0.25) is 0 Å². The van der Waals surface area contributed by atoms with E-state index in [0.29, 0.717) is 24.0 Å². The van der Waals surface area contributed by atoms with Gasteiger partial charge >= 0.3 is 0 Å². The molecule has 1 saturated carbocycles. The monoisotopic (exact) mass is 553 g/mol. The number of carbonyl (C=O) groups excluding carboxylic acids is 1. The lowest BCUT2D eigenvalue weighted by Crippen LogP contribution is -2.55. The molecule has 2 aromatic rings. The lowest BCUT2D eigenvalue weighted by molar-refractivity contribution is -0.131. The molecule has 1 saturated heterocycles. The van der Waals surface area contributed by atoms with Crippen molar-refractivity contribution in [1.82, 2.24) is 0 Å². The van der Waals surface area contributed by atoms with E-state index in [0.717, 1.165) is 31.4 Å². The molecule has 3 aliphatic rings. The Morgan fingerprint density at radius 3 is 2.38 bits per heavy atom. The van der Waals surface area contributed by atoms with Gasteiger partial charge in [0.2, 0.25) is 5.91 Å². The van der Waals surface area contributed by atoms with Crippen LogP contribution in [-0.4, -0.2) is 67.6 Å². The van der Waals surface area contributed by atoms with E-state index >= 15 is 0 Å². The molecule has 5 rings (SSSR count). The molecule has 0 spiro atoms. The fraction of sp³-hybridized carbons (Fsp3) is 0.516. The smallest absolute Gasteiger partial charge is 0.233 e. The Kier molecular flexibility index (Phi) is 8.65. The Hall–Kier alpha value is -3.11. The summed E-state index contributed by atoms with van der Waals surface area (Å²) < 4.78 is 5.57. The first kappa shape index (κ1) is 28.4. The van der Waals surface area contributed by atoms with E-state index in [1.165, 1.54) is 6.42 Å². The summed E-state index contributed by atoms with van der Waals surface area (Å²) in [4.78, 5) is 15.1. The second kappa shape index (κ2) is 12.2. The third-order valence-electron chi connectivity index (χ3n) is 8.77. The van der Waals surface area contributed by atoms with Crippen molar-refractivity contribution < 1.29 is 40.2 Å². The van der Waals surface area contributed by atoms with Crippen LogP contribution in [0.15, 0.2) is 60.0 Å². The Morgan fingerprint density at radius 1 is 0.975 bits per heavy atom. The summed E-state index contributed by atoms with van der Waals surface area (Å²) in [5.41, 5.74) is 1.93. The Morgan fingerprint density at radius 2 is 1.70 bits per heavy atom. The van der Waals surface area contributed by atoms with E-state index in [1.807, 2.05) is 30.3 Å². The first-order chi connectivity index (χ1) is 19.3. The fourth-order valence-corrected chi connectivity index (χ4v) is 6.50. The van der Waals surface area contributed by atoms with Crippen LogP contribution in [0.3, 0.4) is 0 Å². The van der Waals surface area contributed by atoms with Gasteiger partial charge < -0.3 is 40.3 Å². The highest BCUT2D eigenvalue weighted by molar-refractivity contribution is 6.03. The average molecular weight is 554 g/mol. The molecule has 9 nitrogen and oxygen atoms in total. The zero-order valence-corrected chi connectivity index (χ0v) is 22.5. The minimum atomic E-state index is -1.48. The van der Waals surface area contributed by atoms with Crippen LogP contribution in [0.1, 0.15) is 62.1 Å². The van der Waals surface area contributed by atoms with Crippen molar-refractivity contribution in [2.75, 3.05) is 11.5 Å². The number of rotatable bonds is 9. The molecule has 2 unspecified atom stereocenters. The lowest BCUT2D eigenvalue weighted by Gasteiger charge is -2.48. The molecule has 2 heterocycles. The Balaban J connectivity index is 1.35. The number of phenolic OH excluding ortho intramolecular Hbond substituents is 1. The summed E-state index contributed by atoms with van der Waals surface area (Å²) in [5, 5.41) is 61.7. The first-order valence-electron chi connectivity index (χ1n) is 14.2. The van der Waals surface area contributed by atoms with Crippen molar-refractivity contribution in [3.05, 3.63) is 71.2 Å². The number of aliphatic hydroxyl groups is 5. The van der Waals surface area contributed by atoms with Gasteiger partial charge in [0.05, 0.1) is 30.8 Å². The van der Waals surface area contributed by atoms with E-state index in [-0.39, 0.29) is 29.9 Å². The quantitative estimate of drug-likeness (QED) is 0.257. The van der Waals surface area contributed by atoms with Crippen LogP contribution in [0, 0.1) is 11.8 Å². The molecular formula is C31H39NO8. The van der Waals surface area contributed by atoms with Crippen LogP contribution in [0.5, 0.6) is 5.75 Å². The number of hydrogen-bond acceptors (Lipinski definition) is 8. The third kappa shape index (κ3) is 5.56. The number of aromatic hydroxyl groups is 1. The molecule has 40 heavy (non-hydrogen) atoms. The molecule has 0 radical (unpaired) electrons. The lowest BCUT2D eigenvalue weighted by atomic mass is 9.76. The fourth-order valence-electron chi connectivity index (χ4n) is 6.50. The number of aliphatic hydroxyl groups excluding tert-OH is 5. The van der Waals surface area contributed by atoms with Crippen molar-refractivity contribution in [2.45, 2.75) is 81.8 Å². The van der Waals surface area contributed by atoms with E-state index in [1.54, 1.807) is 23.1 Å². The highest BCUT2D eigenvalue weighted by Crippen LogP contribution is 2.48. The molecule has 0 aromatic heterocycles. The summed E-state index contributed by atoms with van der Waals surface area (Å²) in [6.07, 6.45) is 2.66. The van der Waals surface area contributed by atoms with Crippen molar-refractivity contribution in [3.8, 4) is 5.75 Å². The van der Waals surface area contributed by atoms with Crippen molar-refractivity contribution in [3.63, 3.8) is 0 Å². The van der Waals surface area contributed by atoms with Crippen LogP contribution in [-0.2, 0) is 16.0 Å². The van der Waals surface area contributed by atoms with Crippen LogP contribution in [0.25, 0.3) is 0 Å². The van der Waals surface area contributed by atoms with Crippen molar-refractivity contribution in [1.29, 1.82) is 0 Å². The maximum Gasteiger partial charge on any atom is 0.233 e. The average Bonchev–Trinajstić information content (AvgIpc) is 2.97. The van der Waals surface area contributed by atoms with Gasteiger partial charge in [-0.25, -0.2) is 0 Å². The number of nitrogens with zero attached hydrogens (tertiary/aromatic N) is 1. The van der Waals surface area contributed by atoms with Crippen molar-refractivity contribution in [2.24, 2.45) is 11.8 Å². The molecule has 0 bridgehead atoms. The summed E-state index contributed by atoms with van der Waals surface area (Å²) in [7, 11) is 0. The van der Waals surface area contributed by atoms with Gasteiger partial charge in [-0.2, -0.15) is 0 Å². The van der Waals surface area contributed by atoms with Crippen LogP contribution >= 0.6 is 0 Å². The summed E-state index contributed by atoms with van der Waals surface area (Å²) in [6, 6.07) is 14.0. The maximum absolute atomic E-state index is 13.4. The summed E-state index contributed by atoms with van der Waals surface area (Å²) in [5.74, 6) is -1.39. The molecular weight excluding hydrogens is 514 g/mol. The zero-order chi connectivity index (χ0) is 28.4. The Labute approximate surface area is 234 Å². The third-order valence-corrected chi connectivity index (χ3v) is 8.77. The van der Waals surface area contributed by atoms with Gasteiger partial charge in [0.15, 0.2) is 11.5 Å². The summed E-state index contributed by atoms with van der Waals surface area (Å²) in [6.45, 7) is -0.564. The number of β-lactam (4-membered cyclic amide) rings is 1. The topological polar surface area (TPSA) is 151 Å². The first-order valence-corrected chi connectivity index (χ1v) is 14.2. The van der Waals surface area contributed by atoms with Crippen LogP contribution < -0.4 is 4.90 Å². The normalized spacial score (nSPS) is 28.4. The Bertz CT molecular complexity index is 1210. The van der Waals surface area contributed by atoms with E-state index in [4.69, 9.17) is 4.74 Å². The molecule has 6 N–H and O–H groups in total. The molecule has 2 fully saturated rings. The SMILES string of the molecule is O=C1[C@H](CC[C@H](O)C2CCCCC2)[C@@H](c2ccc(C[C@@H]3OC(CO)C(O)=C(O)C3O)cc2O)N1c1ccccc1. The van der Waals surface area contributed by atoms with Crippen LogP contribution in [0.4, 0.5) is 5.69 Å². The predicted molar refractivity (Wildman–Crippen MR) is 148 cm³/mol. The van der Waals surface area contributed by atoms with Gasteiger partial charge in [-0.1, -0.05) is 49.6 Å².